The highest BCUT2D eigenvalue weighted by Gasteiger charge is 2.59. The summed E-state index contributed by atoms with van der Waals surface area (Å²) in [7, 11) is 0. The van der Waals surface area contributed by atoms with Crippen LogP contribution < -0.4 is 10.6 Å². The lowest BCUT2D eigenvalue weighted by Crippen LogP contribution is -2.67. The molecule has 130 valence electrons. The maximum atomic E-state index is 12.1. The van der Waals surface area contributed by atoms with Crippen LogP contribution in [0, 0.1) is 21.4 Å². The molecule has 0 aromatic heterocycles. The number of nitrogens with one attached hydrogen (secondary N) is 2. The molecular formula is C17H23N3O4. The Balaban J connectivity index is 1.44. The van der Waals surface area contributed by atoms with Crippen molar-refractivity contribution in [2.75, 3.05) is 13.2 Å². The molecule has 1 aliphatic heterocycles. The quantitative estimate of drug-likeness (QED) is 0.638. The van der Waals surface area contributed by atoms with Gasteiger partial charge in [0, 0.05) is 42.7 Å². The van der Waals surface area contributed by atoms with Gasteiger partial charge in [-0.05, 0) is 18.4 Å². The standard InChI is InChI=1S/C17H23N3O4/c1-17(2)14(13-8-10-24-15(13)17)19-16(21)18-9-7-11-3-5-12(6-4-11)20(22)23/h3-6,13-15H,7-10H2,1-2H3,(H2,18,19,21)/t13-,14+,15-/m0/s1. The van der Waals surface area contributed by atoms with Crippen molar-refractivity contribution < 1.29 is 14.5 Å². The molecule has 0 spiro atoms. The first-order valence-corrected chi connectivity index (χ1v) is 8.29. The molecule has 1 aromatic rings. The Morgan fingerprint density at radius 2 is 2.08 bits per heavy atom. The number of carbonyl (C=O) groups excluding carboxylic acids is 1. The van der Waals surface area contributed by atoms with Gasteiger partial charge in [0.15, 0.2) is 0 Å². The van der Waals surface area contributed by atoms with Gasteiger partial charge >= 0.3 is 6.03 Å². The molecule has 2 N–H and O–H groups in total. The topological polar surface area (TPSA) is 93.5 Å². The fourth-order valence-electron chi connectivity index (χ4n) is 3.91. The van der Waals surface area contributed by atoms with Crippen molar-refractivity contribution >= 4 is 11.7 Å². The number of hydrogen-bond donors (Lipinski definition) is 2. The third-order valence-electron chi connectivity index (χ3n) is 5.23. The van der Waals surface area contributed by atoms with Crippen LogP contribution in [-0.4, -0.2) is 36.3 Å². The van der Waals surface area contributed by atoms with E-state index < -0.39 is 4.92 Å². The SMILES string of the molecule is CC1(C)[C@H](NC(=O)NCCc2ccc([N+](=O)[O-])cc2)[C@@H]2CCO[C@@H]21. The number of rotatable bonds is 5. The first-order chi connectivity index (χ1) is 11.4. The zero-order valence-corrected chi connectivity index (χ0v) is 14.0. The summed E-state index contributed by atoms with van der Waals surface area (Å²) in [4.78, 5) is 22.3. The molecule has 1 aliphatic carbocycles. The predicted molar refractivity (Wildman–Crippen MR) is 88.8 cm³/mol. The van der Waals surface area contributed by atoms with Gasteiger partial charge in [-0.1, -0.05) is 26.0 Å². The van der Waals surface area contributed by atoms with Crippen molar-refractivity contribution in [2.24, 2.45) is 11.3 Å². The van der Waals surface area contributed by atoms with Crippen LogP contribution in [0.1, 0.15) is 25.8 Å². The average Bonchev–Trinajstić information content (AvgIpc) is 3.00. The fourth-order valence-corrected chi connectivity index (χ4v) is 3.91. The number of ether oxygens (including phenoxy) is 1. The van der Waals surface area contributed by atoms with Crippen molar-refractivity contribution in [3.05, 3.63) is 39.9 Å². The molecular weight excluding hydrogens is 310 g/mol. The second-order valence-electron chi connectivity index (χ2n) is 7.12. The first kappa shape index (κ1) is 16.7. The minimum atomic E-state index is -0.421. The van der Waals surface area contributed by atoms with Gasteiger partial charge in [0.2, 0.25) is 0 Å². The molecule has 3 atom stereocenters. The van der Waals surface area contributed by atoms with Gasteiger partial charge in [0.05, 0.1) is 11.0 Å². The molecule has 7 heteroatoms. The number of nitro groups is 1. The molecule has 1 heterocycles. The molecule has 1 saturated heterocycles. The summed E-state index contributed by atoms with van der Waals surface area (Å²) in [6.07, 6.45) is 1.89. The number of fused-ring (bicyclic) bond motifs is 1. The van der Waals surface area contributed by atoms with E-state index in [1.807, 2.05) is 0 Å². The van der Waals surface area contributed by atoms with E-state index in [4.69, 9.17) is 4.74 Å². The van der Waals surface area contributed by atoms with Gasteiger partial charge in [-0.15, -0.1) is 0 Å². The summed E-state index contributed by atoms with van der Waals surface area (Å²) in [6, 6.07) is 6.36. The van der Waals surface area contributed by atoms with E-state index in [0.717, 1.165) is 18.6 Å². The predicted octanol–water partition coefficient (Wildman–Crippen LogP) is 2.25. The zero-order chi connectivity index (χ0) is 17.3. The maximum Gasteiger partial charge on any atom is 0.315 e. The minimum absolute atomic E-state index is 0.0309. The van der Waals surface area contributed by atoms with Crippen molar-refractivity contribution in [1.29, 1.82) is 0 Å². The molecule has 1 saturated carbocycles. The highest BCUT2D eigenvalue weighted by molar-refractivity contribution is 5.74. The van der Waals surface area contributed by atoms with E-state index in [9.17, 15) is 14.9 Å². The monoisotopic (exact) mass is 333 g/mol. The van der Waals surface area contributed by atoms with Crippen LogP contribution in [0.15, 0.2) is 24.3 Å². The summed E-state index contributed by atoms with van der Waals surface area (Å²) in [5, 5.41) is 16.5. The number of carbonyl (C=O) groups is 1. The number of hydrogen-bond acceptors (Lipinski definition) is 4. The van der Waals surface area contributed by atoms with E-state index in [0.29, 0.717) is 18.9 Å². The summed E-state index contributed by atoms with van der Waals surface area (Å²) < 4.78 is 5.72. The van der Waals surface area contributed by atoms with Crippen LogP contribution in [-0.2, 0) is 11.2 Å². The largest absolute Gasteiger partial charge is 0.377 e. The van der Waals surface area contributed by atoms with Crippen molar-refractivity contribution in [2.45, 2.75) is 38.8 Å². The Labute approximate surface area is 140 Å². The van der Waals surface area contributed by atoms with E-state index in [-0.39, 0.29) is 29.3 Å². The maximum absolute atomic E-state index is 12.1. The summed E-state index contributed by atoms with van der Waals surface area (Å²) in [6.45, 7) is 5.52. The number of amides is 2. The van der Waals surface area contributed by atoms with Crippen LogP contribution in [0.25, 0.3) is 0 Å². The second kappa shape index (κ2) is 6.39. The molecule has 0 unspecified atom stereocenters. The normalized spacial score (nSPS) is 27.0. The van der Waals surface area contributed by atoms with Crippen LogP contribution in [0.4, 0.5) is 10.5 Å². The Morgan fingerprint density at radius 1 is 1.38 bits per heavy atom. The van der Waals surface area contributed by atoms with Crippen molar-refractivity contribution in [3.8, 4) is 0 Å². The van der Waals surface area contributed by atoms with Gasteiger partial charge in [0.25, 0.3) is 5.69 Å². The smallest absolute Gasteiger partial charge is 0.315 e. The zero-order valence-electron chi connectivity index (χ0n) is 14.0. The highest BCUT2D eigenvalue weighted by atomic mass is 16.6. The van der Waals surface area contributed by atoms with Gasteiger partial charge < -0.3 is 15.4 Å². The van der Waals surface area contributed by atoms with Crippen LogP contribution in [0.2, 0.25) is 0 Å². The van der Waals surface area contributed by atoms with Crippen LogP contribution >= 0.6 is 0 Å². The lowest BCUT2D eigenvalue weighted by Gasteiger charge is -2.54. The van der Waals surface area contributed by atoms with Gasteiger partial charge in [0.1, 0.15) is 0 Å². The number of nitrogens with zero attached hydrogens (tertiary/aromatic N) is 1. The van der Waals surface area contributed by atoms with E-state index in [1.165, 1.54) is 12.1 Å². The number of nitro benzene ring substituents is 1. The van der Waals surface area contributed by atoms with Gasteiger partial charge in [-0.3, -0.25) is 10.1 Å². The molecule has 1 aromatic carbocycles. The fraction of sp³-hybridized carbons (Fsp3) is 0.588. The van der Waals surface area contributed by atoms with E-state index >= 15 is 0 Å². The molecule has 2 aliphatic rings. The van der Waals surface area contributed by atoms with Crippen molar-refractivity contribution in [3.63, 3.8) is 0 Å². The summed E-state index contributed by atoms with van der Waals surface area (Å²) in [5.74, 6) is 0.417. The van der Waals surface area contributed by atoms with Crippen molar-refractivity contribution in [1.82, 2.24) is 10.6 Å². The van der Waals surface area contributed by atoms with E-state index in [1.54, 1.807) is 12.1 Å². The Kier molecular flexibility index (Phi) is 4.45. The first-order valence-electron chi connectivity index (χ1n) is 8.29. The third kappa shape index (κ3) is 3.08. The molecule has 2 fully saturated rings. The molecule has 2 amide bonds. The summed E-state index contributed by atoms with van der Waals surface area (Å²) >= 11 is 0. The third-order valence-corrected chi connectivity index (χ3v) is 5.23. The summed E-state index contributed by atoms with van der Waals surface area (Å²) in [5.41, 5.74) is 0.996. The Morgan fingerprint density at radius 3 is 2.75 bits per heavy atom. The number of non-ortho nitro benzene ring substituents is 1. The van der Waals surface area contributed by atoms with Gasteiger partial charge in [-0.2, -0.15) is 0 Å². The van der Waals surface area contributed by atoms with Crippen LogP contribution in [0.5, 0.6) is 0 Å². The van der Waals surface area contributed by atoms with Gasteiger partial charge in [-0.25, -0.2) is 4.79 Å². The minimum Gasteiger partial charge on any atom is -0.377 e. The highest BCUT2D eigenvalue weighted by Crippen LogP contribution is 2.51. The molecule has 24 heavy (non-hydrogen) atoms. The lowest BCUT2D eigenvalue weighted by molar-refractivity contribution is -0.384. The second-order valence-corrected chi connectivity index (χ2v) is 7.12. The lowest BCUT2D eigenvalue weighted by atomic mass is 9.57. The average molecular weight is 333 g/mol. The molecule has 0 radical (unpaired) electrons. The molecule has 7 nitrogen and oxygen atoms in total. The number of benzene rings is 1. The van der Waals surface area contributed by atoms with E-state index in [2.05, 4.69) is 24.5 Å². The molecule has 0 bridgehead atoms. The Hall–Kier alpha value is -2.15. The number of urea groups is 1. The molecule has 3 rings (SSSR count). The van der Waals surface area contributed by atoms with Crippen LogP contribution in [0.3, 0.4) is 0 Å². The Bertz CT molecular complexity index is 629.